The molecule has 0 unspecified atom stereocenters. The van der Waals surface area contributed by atoms with E-state index >= 15 is 0 Å². The fourth-order valence-corrected chi connectivity index (χ4v) is 4.51. The quantitative estimate of drug-likeness (QED) is 0.929. The standard InChI is InChI=1S/C17H24N2O3/c1-3-10(2)12-9-13(22-19-12)16(20)18-14-11-5-8-21-15(11)17(14)6-4-7-17/h9-11,14-15H,3-8H2,1-2H3,(H,18,20)/t10-,11+,14+,15-/m0/s1. The summed E-state index contributed by atoms with van der Waals surface area (Å²) in [4.78, 5) is 12.5. The topological polar surface area (TPSA) is 64.4 Å². The van der Waals surface area contributed by atoms with Gasteiger partial charge in [0.2, 0.25) is 5.76 Å². The number of nitrogens with zero attached hydrogens (tertiary/aromatic N) is 1. The van der Waals surface area contributed by atoms with Crippen LogP contribution >= 0.6 is 0 Å². The van der Waals surface area contributed by atoms with Crippen LogP contribution in [0.2, 0.25) is 0 Å². The molecule has 1 aromatic heterocycles. The van der Waals surface area contributed by atoms with Crippen molar-refractivity contribution in [1.29, 1.82) is 0 Å². The fourth-order valence-electron chi connectivity index (χ4n) is 4.51. The Labute approximate surface area is 130 Å². The number of ether oxygens (including phenoxy) is 1. The summed E-state index contributed by atoms with van der Waals surface area (Å²) in [5.41, 5.74) is 1.07. The number of carbonyl (C=O) groups excluding carboxylic acids is 1. The van der Waals surface area contributed by atoms with Crippen molar-refractivity contribution in [1.82, 2.24) is 10.5 Å². The average Bonchev–Trinajstić information content (AvgIpc) is 3.10. The second kappa shape index (κ2) is 5.08. The summed E-state index contributed by atoms with van der Waals surface area (Å²) >= 11 is 0. The van der Waals surface area contributed by atoms with Gasteiger partial charge in [-0.25, -0.2) is 0 Å². The molecule has 120 valence electrons. The van der Waals surface area contributed by atoms with Crippen molar-refractivity contribution in [2.24, 2.45) is 11.3 Å². The van der Waals surface area contributed by atoms with E-state index in [1.807, 2.05) is 0 Å². The van der Waals surface area contributed by atoms with Crippen molar-refractivity contribution in [2.75, 3.05) is 6.61 Å². The van der Waals surface area contributed by atoms with Crippen LogP contribution in [0.1, 0.15) is 68.1 Å². The first kappa shape index (κ1) is 14.2. The summed E-state index contributed by atoms with van der Waals surface area (Å²) in [7, 11) is 0. The maximum atomic E-state index is 12.5. The van der Waals surface area contributed by atoms with Gasteiger partial charge in [-0.1, -0.05) is 25.4 Å². The van der Waals surface area contributed by atoms with Crippen molar-refractivity contribution in [2.45, 2.75) is 64.0 Å². The molecule has 5 nitrogen and oxygen atoms in total. The summed E-state index contributed by atoms with van der Waals surface area (Å²) in [6.07, 6.45) is 6.02. The van der Waals surface area contributed by atoms with E-state index in [2.05, 4.69) is 24.3 Å². The minimum Gasteiger partial charge on any atom is -0.377 e. The molecular weight excluding hydrogens is 280 g/mol. The Morgan fingerprint density at radius 1 is 1.55 bits per heavy atom. The first-order valence-electron chi connectivity index (χ1n) is 8.55. The van der Waals surface area contributed by atoms with Crippen LogP contribution in [0.3, 0.4) is 0 Å². The molecule has 5 heteroatoms. The molecule has 4 atom stereocenters. The zero-order valence-electron chi connectivity index (χ0n) is 13.3. The predicted octanol–water partition coefficient (Wildman–Crippen LogP) is 2.88. The Morgan fingerprint density at radius 3 is 3.05 bits per heavy atom. The maximum absolute atomic E-state index is 12.5. The normalized spacial score (nSPS) is 32.9. The first-order chi connectivity index (χ1) is 10.7. The first-order valence-corrected chi connectivity index (χ1v) is 8.55. The average molecular weight is 304 g/mol. The number of carbonyl (C=O) groups is 1. The monoisotopic (exact) mass is 304 g/mol. The van der Waals surface area contributed by atoms with Crippen molar-refractivity contribution in [3.8, 4) is 0 Å². The van der Waals surface area contributed by atoms with E-state index in [0.717, 1.165) is 25.1 Å². The van der Waals surface area contributed by atoms with E-state index in [9.17, 15) is 4.79 Å². The highest BCUT2D eigenvalue weighted by Crippen LogP contribution is 2.62. The van der Waals surface area contributed by atoms with Gasteiger partial charge >= 0.3 is 0 Å². The molecule has 1 N–H and O–H groups in total. The van der Waals surface area contributed by atoms with Gasteiger partial charge in [-0.05, 0) is 25.7 Å². The molecule has 0 radical (unpaired) electrons. The maximum Gasteiger partial charge on any atom is 0.290 e. The summed E-state index contributed by atoms with van der Waals surface area (Å²) in [5, 5.41) is 7.25. The Morgan fingerprint density at radius 2 is 2.36 bits per heavy atom. The lowest BCUT2D eigenvalue weighted by atomic mass is 9.46. The number of hydrogen-bond donors (Lipinski definition) is 1. The number of fused-ring (bicyclic) bond motifs is 2. The van der Waals surface area contributed by atoms with Crippen LogP contribution in [-0.2, 0) is 4.74 Å². The number of aromatic nitrogens is 1. The number of rotatable bonds is 4. The largest absolute Gasteiger partial charge is 0.377 e. The Kier molecular flexibility index (Phi) is 3.29. The predicted molar refractivity (Wildman–Crippen MR) is 80.6 cm³/mol. The Hall–Kier alpha value is -1.36. The van der Waals surface area contributed by atoms with Crippen LogP contribution in [0.15, 0.2) is 10.6 Å². The van der Waals surface area contributed by atoms with Gasteiger partial charge in [0, 0.05) is 36.0 Å². The lowest BCUT2D eigenvalue weighted by molar-refractivity contribution is -0.172. The molecule has 4 rings (SSSR count). The van der Waals surface area contributed by atoms with Crippen LogP contribution in [-0.4, -0.2) is 29.8 Å². The van der Waals surface area contributed by atoms with Crippen LogP contribution < -0.4 is 5.32 Å². The van der Waals surface area contributed by atoms with Gasteiger partial charge in [0.15, 0.2) is 0 Å². The van der Waals surface area contributed by atoms with E-state index in [-0.39, 0.29) is 17.4 Å². The van der Waals surface area contributed by atoms with E-state index in [1.54, 1.807) is 6.07 Å². The minimum absolute atomic E-state index is 0.122. The second-order valence-corrected chi connectivity index (χ2v) is 7.21. The van der Waals surface area contributed by atoms with Crippen molar-refractivity contribution in [3.63, 3.8) is 0 Å². The summed E-state index contributed by atoms with van der Waals surface area (Å²) in [5.74, 6) is 1.02. The highest BCUT2D eigenvalue weighted by Gasteiger charge is 2.67. The molecule has 1 amide bonds. The summed E-state index contributed by atoms with van der Waals surface area (Å²) in [6.45, 7) is 5.03. The van der Waals surface area contributed by atoms with Gasteiger partial charge in [0.05, 0.1) is 11.8 Å². The van der Waals surface area contributed by atoms with Gasteiger partial charge in [-0.3, -0.25) is 4.79 Å². The molecule has 2 saturated carbocycles. The minimum atomic E-state index is -0.122. The molecule has 1 aromatic rings. The Balaban J connectivity index is 1.47. The van der Waals surface area contributed by atoms with Gasteiger partial charge in [0.25, 0.3) is 5.91 Å². The van der Waals surface area contributed by atoms with E-state index in [1.165, 1.54) is 19.3 Å². The van der Waals surface area contributed by atoms with Crippen molar-refractivity contribution < 1.29 is 14.1 Å². The lowest BCUT2D eigenvalue weighted by Crippen LogP contribution is -2.71. The molecule has 0 bridgehead atoms. The van der Waals surface area contributed by atoms with Crippen LogP contribution in [0.25, 0.3) is 0 Å². The highest BCUT2D eigenvalue weighted by molar-refractivity contribution is 5.91. The van der Waals surface area contributed by atoms with Gasteiger partial charge in [0.1, 0.15) is 0 Å². The second-order valence-electron chi connectivity index (χ2n) is 7.21. The molecule has 2 heterocycles. The molecular formula is C17H24N2O3. The third kappa shape index (κ3) is 1.87. The molecule has 3 aliphatic rings. The van der Waals surface area contributed by atoms with Crippen molar-refractivity contribution >= 4 is 5.91 Å². The number of nitrogens with one attached hydrogen (secondary N) is 1. The molecule has 22 heavy (non-hydrogen) atoms. The van der Waals surface area contributed by atoms with E-state index in [4.69, 9.17) is 9.26 Å². The molecule has 2 aliphatic carbocycles. The molecule has 1 spiro atoms. The van der Waals surface area contributed by atoms with E-state index < -0.39 is 0 Å². The highest BCUT2D eigenvalue weighted by atomic mass is 16.5. The summed E-state index contributed by atoms with van der Waals surface area (Å²) < 4.78 is 11.1. The van der Waals surface area contributed by atoms with Crippen LogP contribution in [0, 0.1) is 11.3 Å². The van der Waals surface area contributed by atoms with Crippen LogP contribution in [0.5, 0.6) is 0 Å². The fraction of sp³-hybridized carbons (Fsp3) is 0.765. The molecule has 1 saturated heterocycles. The molecule has 3 fully saturated rings. The molecule has 1 aliphatic heterocycles. The zero-order valence-corrected chi connectivity index (χ0v) is 13.3. The third-order valence-electron chi connectivity index (χ3n) is 6.19. The van der Waals surface area contributed by atoms with E-state index in [0.29, 0.717) is 23.7 Å². The summed E-state index contributed by atoms with van der Waals surface area (Å²) in [6, 6.07) is 2.04. The van der Waals surface area contributed by atoms with Gasteiger partial charge in [-0.15, -0.1) is 0 Å². The van der Waals surface area contributed by atoms with Gasteiger partial charge in [-0.2, -0.15) is 0 Å². The smallest absolute Gasteiger partial charge is 0.290 e. The number of amides is 1. The van der Waals surface area contributed by atoms with Crippen molar-refractivity contribution in [3.05, 3.63) is 17.5 Å². The van der Waals surface area contributed by atoms with Gasteiger partial charge < -0.3 is 14.6 Å². The number of hydrogen-bond acceptors (Lipinski definition) is 4. The lowest BCUT2D eigenvalue weighted by Gasteiger charge is -2.63. The third-order valence-corrected chi connectivity index (χ3v) is 6.19. The SMILES string of the molecule is CC[C@H](C)c1cc(C(=O)N[C@@H]2[C@H]3CCO[C@@H]3C23CCC3)on1. The van der Waals surface area contributed by atoms with Crippen LogP contribution in [0.4, 0.5) is 0 Å². The Bertz CT molecular complexity index is 578. The zero-order chi connectivity index (χ0) is 15.3. The molecule has 0 aromatic carbocycles.